The van der Waals surface area contributed by atoms with E-state index in [1.807, 2.05) is 6.07 Å². The number of hydrogen-bond donors (Lipinski definition) is 1. The number of ether oxygens (including phenoxy) is 1. The standard InChI is InChI=1S/C17H22ClNOS/c1-5-8-19-16(17-15(18)12(3)10-21-17)13-6-7-14(20-4)11(2)9-13/h6-7,9-10,16,19H,5,8H2,1-4H3. The molecule has 21 heavy (non-hydrogen) atoms. The summed E-state index contributed by atoms with van der Waals surface area (Å²) in [5.41, 5.74) is 3.51. The quantitative estimate of drug-likeness (QED) is 0.797. The van der Waals surface area contributed by atoms with E-state index >= 15 is 0 Å². The number of methoxy groups -OCH3 is 1. The summed E-state index contributed by atoms with van der Waals surface area (Å²) in [7, 11) is 1.70. The maximum atomic E-state index is 6.48. The van der Waals surface area contributed by atoms with Crippen LogP contribution in [0.4, 0.5) is 0 Å². The highest BCUT2D eigenvalue weighted by Crippen LogP contribution is 2.36. The third kappa shape index (κ3) is 3.60. The number of rotatable bonds is 6. The normalized spacial score (nSPS) is 12.4. The molecule has 1 aromatic heterocycles. The Morgan fingerprint density at radius 1 is 1.29 bits per heavy atom. The van der Waals surface area contributed by atoms with Gasteiger partial charge in [-0.3, -0.25) is 0 Å². The first-order valence-corrected chi connectivity index (χ1v) is 8.45. The Morgan fingerprint density at radius 2 is 2.05 bits per heavy atom. The summed E-state index contributed by atoms with van der Waals surface area (Å²) in [6, 6.07) is 6.46. The summed E-state index contributed by atoms with van der Waals surface area (Å²) >= 11 is 8.20. The summed E-state index contributed by atoms with van der Waals surface area (Å²) in [5, 5.41) is 6.60. The smallest absolute Gasteiger partial charge is 0.121 e. The minimum Gasteiger partial charge on any atom is -0.496 e. The molecule has 114 valence electrons. The fourth-order valence-electron chi connectivity index (χ4n) is 2.38. The van der Waals surface area contributed by atoms with Gasteiger partial charge in [0, 0.05) is 4.88 Å². The third-order valence-corrected chi connectivity index (χ3v) is 5.32. The SMILES string of the molecule is CCCNC(c1ccc(OC)c(C)c1)c1scc(C)c1Cl. The Morgan fingerprint density at radius 3 is 2.57 bits per heavy atom. The molecule has 0 bridgehead atoms. The van der Waals surface area contributed by atoms with Gasteiger partial charge in [-0.15, -0.1) is 11.3 Å². The van der Waals surface area contributed by atoms with Crippen molar-refractivity contribution in [1.82, 2.24) is 5.32 Å². The predicted molar refractivity (Wildman–Crippen MR) is 91.9 cm³/mol. The van der Waals surface area contributed by atoms with Gasteiger partial charge in [-0.2, -0.15) is 0 Å². The third-order valence-electron chi connectivity index (χ3n) is 3.54. The van der Waals surface area contributed by atoms with Gasteiger partial charge < -0.3 is 10.1 Å². The van der Waals surface area contributed by atoms with Gasteiger partial charge in [0.25, 0.3) is 0 Å². The fraction of sp³-hybridized carbons (Fsp3) is 0.412. The van der Waals surface area contributed by atoms with Crippen LogP contribution in [0, 0.1) is 13.8 Å². The zero-order chi connectivity index (χ0) is 15.4. The van der Waals surface area contributed by atoms with E-state index < -0.39 is 0 Å². The van der Waals surface area contributed by atoms with E-state index in [9.17, 15) is 0 Å². The lowest BCUT2D eigenvalue weighted by molar-refractivity contribution is 0.411. The van der Waals surface area contributed by atoms with Crippen LogP contribution in [0.25, 0.3) is 0 Å². The second-order valence-corrected chi connectivity index (χ2v) is 6.50. The van der Waals surface area contributed by atoms with Crippen LogP contribution in [0.3, 0.4) is 0 Å². The monoisotopic (exact) mass is 323 g/mol. The minimum absolute atomic E-state index is 0.140. The Bertz CT molecular complexity index is 609. The summed E-state index contributed by atoms with van der Waals surface area (Å²) in [5.74, 6) is 0.918. The van der Waals surface area contributed by atoms with Crippen LogP contribution >= 0.6 is 22.9 Å². The summed E-state index contributed by atoms with van der Waals surface area (Å²) in [4.78, 5) is 1.19. The van der Waals surface area contributed by atoms with E-state index in [0.717, 1.165) is 34.9 Å². The molecule has 2 nitrogen and oxygen atoms in total. The molecule has 0 radical (unpaired) electrons. The minimum atomic E-state index is 0.140. The molecule has 0 saturated heterocycles. The first kappa shape index (κ1) is 16.3. The van der Waals surface area contributed by atoms with Crippen LogP contribution in [0.5, 0.6) is 5.75 Å². The van der Waals surface area contributed by atoms with Gasteiger partial charge in [0.1, 0.15) is 5.75 Å². The first-order valence-electron chi connectivity index (χ1n) is 7.19. The maximum Gasteiger partial charge on any atom is 0.121 e. The highest BCUT2D eigenvalue weighted by atomic mass is 35.5. The van der Waals surface area contributed by atoms with Crippen molar-refractivity contribution < 1.29 is 4.74 Å². The molecular weight excluding hydrogens is 302 g/mol. The van der Waals surface area contributed by atoms with Crippen LogP contribution in [0.15, 0.2) is 23.6 Å². The maximum absolute atomic E-state index is 6.48. The van der Waals surface area contributed by atoms with Gasteiger partial charge >= 0.3 is 0 Å². The lowest BCUT2D eigenvalue weighted by Crippen LogP contribution is -2.22. The van der Waals surface area contributed by atoms with Crippen molar-refractivity contribution in [3.63, 3.8) is 0 Å². The molecule has 0 amide bonds. The zero-order valence-corrected chi connectivity index (χ0v) is 14.6. The zero-order valence-electron chi connectivity index (χ0n) is 13.0. The highest BCUT2D eigenvalue weighted by Gasteiger charge is 2.20. The van der Waals surface area contributed by atoms with E-state index in [2.05, 4.69) is 43.6 Å². The van der Waals surface area contributed by atoms with Gasteiger partial charge in [-0.05, 0) is 54.9 Å². The molecule has 1 unspecified atom stereocenters. The van der Waals surface area contributed by atoms with Gasteiger partial charge in [-0.25, -0.2) is 0 Å². The van der Waals surface area contributed by atoms with Crippen molar-refractivity contribution >= 4 is 22.9 Å². The molecule has 1 aromatic carbocycles. The molecule has 4 heteroatoms. The van der Waals surface area contributed by atoms with Crippen LogP contribution in [0.2, 0.25) is 5.02 Å². The molecule has 0 aliphatic heterocycles. The molecule has 2 aromatic rings. The molecule has 1 heterocycles. The van der Waals surface area contributed by atoms with E-state index in [-0.39, 0.29) is 6.04 Å². The van der Waals surface area contributed by atoms with Crippen molar-refractivity contribution in [2.45, 2.75) is 33.2 Å². The average Bonchev–Trinajstić information content (AvgIpc) is 2.80. The Labute approximate surface area is 136 Å². The Kier molecular flexibility index (Phi) is 5.68. The van der Waals surface area contributed by atoms with E-state index in [1.165, 1.54) is 10.4 Å². The van der Waals surface area contributed by atoms with Crippen LogP contribution < -0.4 is 10.1 Å². The Hall–Kier alpha value is -1.03. The number of nitrogens with one attached hydrogen (secondary N) is 1. The average molecular weight is 324 g/mol. The predicted octanol–water partition coefficient (Wildman–Crippen LogP) is 5.12. The van der Waals surface area contributed by atoms with E-state index in [4.69, 9.17) is 16.3 Å². The van der Waals surface area contributed by atoms with Gasteiger partial charge in [0.15, 0.2) is 0 Å². The van der Waals surface area contributed by atoms with E-state index in [0.29, 0.717) is 0 Å². The van der Waals surface area contributed by atoms with Crippen molar-refractivity contribution in [2.75, 3.05) is 13.7 Å². The molecule has 0 saturated carbocycles. The molecule has 0 aliphatic rings. The molecule has 0 fully saturated rings. The summed E-state index contributed by atoms with van der Waals surface area (Å²) in [6.45, 7) is 7.26. The van der Waals surface area contributed by atoms with Crippen molar-refractivity contribution in [3.8, 4) is 5.75 Å². The molecular formula is C17H22ClNOS. The molecule has 0 spiro atoms. The summed E-state index contributed by atoms with van der Waals surface area (Å²) < 4.78 is 5.35. The Balaban J connectivity index is 2.40. The first-order chi connectivity index (χ1) is 10.1. The van der Waals surface area contributed by atoms with E-state index in [1.54, 1.807) is 18.4 Å². The molecule has 0 aliphatic carbocycles. The van der Waals surface area contributed by atoms with Crippen molar-refractivity contribution in [2.24, 2.45) is 0 Å². The summed E-state index contributed by atoms with van der Waals surface area (Å²) in [6.07, 6.45) is 1.09. The van der Waals surface area contributed by atoms with Crippen molar-refractivity contribution in [3.05, 3.63) is 50.2 Å². The number of benzene rings is 1. The number of aryl methyl sites for hydroxylation is 2. The van der Waals surface area contributed by atoms with Crippen molar-refractivity contribution in [1.29, 1.82) is 0 Å². The number of thiophene rings is 1. The van der Waals surface area contributed by atoms with Crippen LogP contribution in [-0.2, 0) is 0 Å². The van der Waals surface area contributed by atoms with Gasteiger partial charge in [0.2, 0.25) is 0 Å². The van der Waals surface area contributed by atoms with Crippen LogP contribution in [-0.4, -0.2) is 13.7 Å². The van der Waals surface area contributed by atoms with Gasteiger partial charge in [-0.1, -0.05) is 30.7 Å². The second kappa shape index (κ2) is 7.30. The molecule has 2 rings (SSSR count). The molecule has 1 N–H and O–H groups in total. The van der Waals surface area contributed by atoms with Crippen LogP contribution in [0.1, 0.15) is 41.0 Å². The fourth-order valence-corrected chi connectivity index (χ4v) is 3.78. The topological polar surface area (TPSA) is 21.3 Å². The highest BCUT2D eigenvalue weighted by molar-refractivity contribution is 7.10. The molecule has 1 atom stereocenters. The lowest BCUT2D eigenvalue weighted by atomic mass is 10.0. The lowest BCUT2D eigenvalue weighted by Gasteiger charge is -2.20. The van der Waals surface area contributed by atoms with Gasteiger partial charge in [0.05, 0.1) is 18.2 Å². The number of hydrogen-bond acceptors (Lipinski definition) is 3. The number of halogens is 1. The second-order valence-electron chi connectivity index (χ2n) is 5.21. The largest absolute Gasteiger partial charge is 0.496 e.